The molecule has 0 unspecified atom stereocenters. The molecule has 0 aromatic heterocycles. The summed E-state index contributed by atoms with van der Waals surface area (Å²) in [6.45, 7) is 11.5. The summed E-state index contributed by atoms with van der Waals surface area (Å²) in [6, 6.07) is 10.7. The van der Waals surface area contributed by atoms with Crippen LogP contribution in [-0.2, 0) is 14.8 Å². The molecule has 0 aliphatic heterocycles. The second kappa shape index (κ2) is 8.99. The number of hydrogen-bond donors (Lipinski definition) is 1. The Morgan fingerprint density at radius 2 is 1.59 bits per heavy atom. The fourth-order valence-electron chi connectivity index (χ4n) is 3.80. The molecular formula is C23H32N2O3S. The topological polar surface area (TPSA) is 66.5 Å². The molecule has 0 spiro atoms. The molecule has 5 nitrogen and oxygen atoms in total. The minimum atomic E-state index is -3.64. The molecule has 1 amide bonds. The number of carbonyl (C=O) groups excluding carboxylic acids is 1. The Balaban J connectivity index is 2.35. The van der Waals surface area contributed by atoms with Gasteiger partial charge >= 0.3 is 0 Å². The van der Waals surface area contributed by atoms with E-state index in [1.807, 2.05) is 52.8 Å². The molecule has 1 N–H and O–H groups in total. The van der Waals surface area contributed by atoms with Gasteiger partial charge in [0.15, 0.2) is 0 Å². The summed E-state index contributed by atoms with van der Waals surface area (Å²) in [5.74, 6) is -0.318. The quantitative estimate of drug-likeness (QED) is 0.730. The number of rotatable bonds is 7. The molecule has 6 heteroatoms. The maximum atomic E-state index is 13.1. The molecule has 0 radical (unpaired) electrons. The molecule has 0 saturated heterocycles. The van der Waals surface area contributed by atoms with Gasteiger partial charge in [0.1, 0.15) is 6.04 Å². The number of nitrogens with zero attached hydrogens (tertiary/aromatic N) is 1. The van der Waals surface area contributed by atoms with E-state index in [4.69, 9.17) is 0 Å². The molecule has 0 fully saturated rings. The first kappa shape index (κ1) is 22.9. The smallest absolute Gasteiger partial charge is 0.244 e. The van der Waals surface area contributed by atoms with Crippen LogP contribution >= 0.6 is 0 Å². The van der Waals surface area contributed by atoms with Gasteiger partial charge in [-0.2, -0.15) is 0 Å². The number of amides is 1. The van der Waals surface area contributed by atoms with Gasteiger partial charge in [0.25, 0.3) is 0 Å². The highest BCUT2D eigenvalue weighted by atomic mass is 32.2. The summed E-state index contributed by atoms with van der Waals surface area (Å²) < 4.78 is 26.3. The largest absolute Gasteiger partial charge is 0.347 e. The maximum Gasteiger partial charge on any atom is 0.244 e. The fraction of sp³-hybridized carbons (Fsp3) is 0.435. The highest BCUT2D eigenvalue weighted by molar-refractivity contribution is 7.92. The van der Waals surface area contributed by atoms with E-state index in [1.54, 1.807) is 19.1 Å². The Labute approximate surface area is 175 Å². The molecule has 2 rings (SSSR count). The lowest BCUT2D eigenvalue weighted by atomic mass is 9.97. The van der Waals surface area contributed by atoms with Gasteiger partial charge in [0.2, 0.25) is 15.9 Å². The summed E-state index contributed by atoms with van der Waals surface area (Å²) in [5, 5.41) is 3.05. The molecule has 2 aromatic carbocycles. The number of aryl methyl sites for hydroxylation is 4. The predicted octanol–water partition coefficient (Wildman–Crippen LogP) is 4.34. The van der Waals surface area contributed by atoms with Gasteiger partial charge in [0, 0.05) is 0 Å². The van der Waals surface area contributed by atoms with Crippen molar-refractivity contribution in [3.63, 3.8) is 0 Å². The standard InChI is InChI=1S/C23H32N2O3S/c1-8-22(21-10-9-15(2)12-18(21)5)24-23(26)19(6)25(29(7,27)28)20-13-16(3)11-17(4)14-20/h9-14,19,22H,8H2,1-7H3,(H,24,26)/t19-,22+/m1/s1. The van der Waals surface area contributed by atoms with Crippen LogP contribution in [0.15, 0.2) is 36.4 Å². The third-order valence-corrected chi connectivity index (χ3v) is 6.32. The van der Waals surface area contributed by atoms with Crippen LogP contribution in [-0.4, -0.2) is 26.6 Å². The lowest BCUT2D eigenvalue weighted by molar-refractivity contribution is -0.122. The normalized spacial score (nSPS) is 13.6. The van der Waals surface area contributed by atoms with Crippen LogP contribution < -0.4 is 9.62 Å². The Morgan fingerprint density at radius 3 is 2.07 bits per heavy atom. The summed E-state index contributed by atoms with van der Waals surface area (Å²) in [6.07, 6.45) is 1.85. The molecule has 29 heavy (non-hydrogen) atoms. The van der Waals surface area contributed by atoms with Crippen LogP contribution in [0.5, 0.6) is 0 Å². The van der Waals surface area contributed by atoms with Gasteiger partial charge in [-0.3, -0.25) is 9.10 Å². The van der Waals surface area contributed by atoms with E-state index in [1.165, 1.54) is 9.87 Å². The molecule has 0 saturated carbocycles. The van der Waals surface area contributed by atoms with Gasteiger partial charge in [0.05, 0.1) is 18.0 Å². The summed E-state index contributed by atoms with van der Waals surface area (Å²) in [7, 11) is -3.64. The zero-order valence-corrected chi connectivity index (χ0v) is 19.2. The molecule has 0 aliphatic carbocycles. The number of benzene rings is 2. The second-order valence-electron chi connectivity index (χ2n) is 7.91. The molecule has 2 aromatic rings. The first-order valence-corrected chi connectivity index (χ1v) is 11.7. The zero-order valence-electron chi connectivity index (χ0n) is 18.4. The van der Waals surface area contributed by atoms with E-state index in [0.717, 1.165) is 28.5 Å². The number of hydrogen-bond acceptors (Lipinski definition) is 3. The first-order valence-electron chi connectivity index (χ1n) is 9.89. The van der Waals surface area contributed by atoms with Crippen LogP contribution in [0.2, 0.25) is 0 Å². The summed E-state index contributed by atoms with van der Waals surface area (Å²) in [4.78, 5) is 13.1. The van der Waals surface area contributed by atoms with Crippen LogP contribution in [0.1, 0.15) is 54.1 Å². The van der Waals surface area contributed by atoms with Crippen molar-refractivity contribution in [2.24, 2.45) is 0 Å². The van der Waals surface area contributed by atoms with Gasteiger partial charge < -0.3 is 5.32 Å². The van der Waals surface area contributed by atoms with Gasteiger partial charge in [-0.25, -0.2) is 8.42 Å². The van der Waals surface area contributed by atoms with Crippen molar-refractivity contribution < 1.29 is 13.2 Å². The first-order chi connectivity index (χ1) is 13.4. The third kappa shape index (κ3) is 5.60. The van der Waals surface area contributed by atoms with Gasteiger partial charge in [-0.15, -0.1) is 0 Å². The van der Waals surface area contributed by atoms with E-state index in [0.29, 0.717) is 12.1 Å². The number of carbonyl (C=O) groups is 1. The van der Waals surface area contributed by atoms with Crippen molar-refractivity contribution in [1.29, 1.82) is 0 Å². The number of nitrogens with one attached hydrogen (secondary N) is 1. The van der Waals surface area contributed by atoms with E-state index in [-0.39, 0.29) is 11.9 Å². The maximum absolute atomic E-state index is 13.1. The van der Waals surface area contributed by atoms with Crippen LogP contribution in [0.3, 0.4) is 0 Å². The van der Waals surface area contributed by atoms with Crippen molar-refractivity contribution in [1.82, 2.24) is 5.32 Å². The summed E-state index contributed by atoms with van der Waals surface area (Å²) >= 11 is 0. The molecule has 158 valence electrons. The van der Waals surface area contributed by atoms with Gasteiger partial charge in [-0.05, 0) is 75.4 Å². The van der Waals surface area contributed by atoms with Crippen LogP contribution in [0, 0.1) is 27.7 Å². The Kier molecular flexibility index (Phi) is 7.11. The van der Waals surface area contributed by atoms with E-state index in [9.17, 15) is 13.2 Å². The zero-order chi connectivity index (χ0) is 21.9. The monoisotopic (exact) mass is 416 g/mol. The minimum absolute atomic E-state index is 0.175. The molecule has 0 heterocycles. The minimum Gasteiger partial charge on any atom is -0.347 e. The van der Waals surface area contributed by atoms with E-state index in [2.05, 4.69) is 11.4 Å². The van der Waals surface area contributed by atoms with E-state index < -0.39 is 16.1 Å². The molecule has 0 bridgehead atoms. The van der Waals surface area contributed by atoms with Crippen molar-refractivity contribution >= 4 is 21.6 Å². The Morgan fingerprint density at radius 1 is 1.00 bits per heavy atom. The lowest BCUT2D eigenvalue weighted by Gasteiger charge is -2.30. The van der Waals surface area contributed by atoms with Crippen molar-refractivity contribution in [3.8, 4) is 0 Å². The Bertz CT molecular complexity index is 979. The van der Waals surface area contributed by atoms with E-state index >= 15 is 0 Å². The highest BCUT2D eigenvalue weighted by Crippen LogP contribution is 2.26. The van der Waals surface area contributed by atoms with Gasteiger partial charge in [-0.1, -0.05) is 36.8 Å². The SMILES string of the molecule is CC[C@H](NC(=O)[C@@H](C)N(c1cc(C)cc(C)c1)S(C)(=O)=O)c1ccc(C)cc1C. The van der Waals surface area contributed by atoms with Crippen LogP contribution in [0.25, 0.3) is 0 Å². The van der Waals surface area contributed by atoms with Crippen molar-refractivity contribution in [2.45, 2.75) is 60.0 Å². The van der Waals surface area contributed by atoms with Crippen LogP contribution in [0.4, 0.5) is 5.69 Å². The molecular weight excluding hydrogens is 384 g/mol. The average molecular weight is 417 g/mol. The highest BCUT2D eigenvalue weighted by Gasteiger charge is 2.30. The predicted molar refractivity (Wildman–Crippen MR) is 120 cm³/mol. The number of sulfonamides is 1. The number of anilines is 1. The second-order valence-corrected chi connectivity index (χ2v) is 9.77. The Hall–Kier alpha value is -2.34. The van der Waals surface area contributed by atoms with Crippen molar-refractivity contribution in [2.75, 3.05) is 10.6 Å². The third-order valence-electron chi connectivity index (χ3n) is 5.07. The summed E-state index contributed by atoms with van der Waals surface area (Å²) in [5.41, 5.74) is 5.73. The van der Waals surface area contributed by atoms with Crippen molar-refractivity contribution in [3.05, 3.63) is 64.2 Å². The fourth-order valence-corrected chi connectivity index (χ4v) is 4.95. The molecule has 0 aliphatic rings. The average Bonchev–Trinajstić information content (AvgIpc) is 2.58. The molecule has 2 atom stereocenters. The lowest BCUT2D eigenvalue weighted by Crippen LogP contribution is -2.48.